The molecule has 0 fully saturated rings. The van der Waals surface area contributed by atoms with Gasteiger partial charge >= 0.3 is 5.69 Å². The van der Waals surface area contributed by atoms with Gasteiger partial charge in [-0.1, -0.05) is 27.5 Å². The van der Waals surface area contributed by atoms with Crippen molar-refractivity contribution in [1.82, 2.24) is 0 Å². The molecular formula is C9H8BrClFNO4. The van der Waals surface area contributed by atoms with Crippen LogP contribution in [-0.4, -0.2) is 26.6 Å². The van der Waals surface area contributed by atoms with Crippen LogP contribution in [0.5, 0.6) is 0 Å². The van der Waals surface area contributed by atoms with Crippen LogP contribution in [-0.2, 0) is 0 Å². The summed E-state index contributed by atoms with van der Waals surface area (Å²) in [5.74, 6) is -1.12. The van der Waals surface area contributed by atoms with Gasteiger partial charge in [-0.05, 0) is 6.07 Å². The van der Waals surface area contributed by atoms with Gasteiger partial charge in [0.2, 0.25) is 5.82 Å². The molecule has 0 aliphatic heterocycles. The monoisotopic (exact) mass is 327 g/mol. The Morgan fingerprint density at radius 2 is 2.12 bits per heavy atom. The summed E-state index contributed by atoms with van der Waals surface area (Å²) < 4.78 is 13.3. The first-order valence-electron chi connectivity index (χ1n) is 4.44. The van der Waals surface area contributed by atoms with Crippen LogP contribution < -0.4 is 0 Å². The Morgan fingerprint density at radius 1 is 1.53 bits per heavy atom. The molecule has 17 heavy (non-hydrogen) atoms. The third-order valence-corrected chi connectivity index (χ3v) is 3.09. The fraction of sp³-hybridized carbons (Fsp3) is 0.333. The minimum absolute atomic E-state index is 0.0586. The zero-order valence-corrected chi connectivity index (χ0v) is 10.7. The summed E-state index contributed by atoms with van der Waals surface area (Å²) in [5.41, 5.74) is -0.874. The lowest BCUT2D eigenvalue weighted by atomic mass is 10.0. The Hall–Kier alpha value is -0.760. The van der Waals surface area contributed by atoms with Crippen LogP contribution >= 0.6 is 27.5 Å². The lowest BCUT2D eigenvalue weighted by Crippen LogP contribution is -2.20. The largest absolute Gasteiger partial charge is 0.389 e. The second kappa shape index (κ2) is 5.72. The number of rotatable bonds is 4. The first-order valence-corrected chi connectivity index (χ1v) is 5.93. The molecule has 0 aliphatic rings. The second-order valence-electron chi connectivity index (χ2n) is 3.25. The number of benzene rings is 1. The predicted molar refractivity (Wildman–Crippen MR) is 62.8 cm³/mol. The number of aliphatic hydroxyl groups excluding tert-OH is 2. The molecule has 0 spiro atoms. The molecule has 1 aromatic rings. The summed E-state index contributed by atoms with van der Waals surface area (Å²) in [6.07, 6.45) is -2.61. The van der Waals surface area contributed by atoms with Crippen molar-refractivity contribution < 1.29 is 19.5 Å². The molecule has 5 nitrogen and oxygen atoms in total. The predicted octanol–water partition coefficient (Wildman–Crippen LogP) is 2.18. The van der Waals surface area contributed by atoms with Crippen LogP contribution in [0.2, 0.25) is 5.02 Å². The van der Waals surface area contributed by atoms with E-state index in [4.69, 9.17) is 11.6 Å². The summed E-state index contributed by atoms with van der Waals surface area (Å²) in [4.78, 5) is 9.51. The Morgan fingerprint density at radius 3 is 2.59 bits per heavy atom. The molecule has 0 saturated heterocycles. The highest BCUT2D eigenvalue weighted by Crippen LogP contribution is 2.31. The Labute approximate surface area is 109 Å². The van der Waals surface area contributed by atoms with E-state index >= 15 is 0 Å². The van der Waals surface area contributed by atoms with Gasteiger partial charge in [0.05, 0.1) is 16.0 Å². The van der Waals surface area contributed by atoms with Crippen LogP contribution in [0.1, 0.15) is 11.7 Å². The van der Waals surface area contributed by atoms with Crippen molar-refractivity contribution in [1.29, 1.82) is 0 Å². The molecule has 1 aromatic carbocycles. The molecular weight excluding hydrogens is 320 g/mol. The first-order chi connectivity index (χ1) is 7.88. The van der Waals surface area contributed by atoms with E-state index in [1.165, 1.54) is 0 Å². The minimum Gasteiger partial charge on any atom is -0.389 e. The second-order valence-corrected chi connectivity index (χ2v) is 4.30. The number of alkyl halides is 1. The molecule has 94 valence electrons. The van der Waals surface area contributed by atoms with Crippen LogP contribution in [0.3, 0.4) is 0 Å². The van der Waals surface area contributed by atoms with Gasteiger partial charge in [-0.15, -0.1) is 0 Å². The lowest BCUT2D eigenvalue weighted by Gasteiger charge is -2.17. The fourth-order valence-electron chi connectivity index (χ4n) is 1.21. The molecule has 2 unspecified atom stereocenters. The van der Waals surface area contributed by atoms with Crippen molar-refractivity contribution in [2.24, 2.45) is 0 Å². The number of nitro groups is 1. The summed E-state index contributed by atoms with van der Waals surface area (Å²) in [5, 5.41) is 29.3. The van der Waals surface area contributed by atoms with Gasteiger partial charge in [0, 0.05) is 17.0 Å². The highest BCUT2D eigenvalue weighted by molar-refractivity contribution is 9.09. The molecule has 0 saturated carbocycles. The van der Waals surface area contributed by atoms with Gasteiger partial charge in [-0.25, -0.2) is 0 Å². The maximum absolute atomic E-state index is 13.3. The standard InChI is InChI=1S/C9H8BrClFNO4/c10-3-8(14)9(15)4-1-6(12)7(13(16)17)2-5(4)11/h1-2,8-9,14-15H,3H2. The van der Waals surface area contributed by atoms with E-state index in [-0.39, 0.29) is 15.9 Å². The maximum atomic E-state index is 13.3. The van der Waals surface area contributed by atoms with E-state index in [0.29, 0.717) is 0 Å². The fourth-order valence-corrected chi connectivity index (χ4v) is 1.83. The SMILES string of the molecule is O=[N+]([O-])c1cc(Cl)c(C(O)C(O)CBr)cc1F. The number of nitro benzene ring substituents is 1. The van der Waals surface area contributed by atoms with Gasteiger partial charge in [-0.3, -0.25) is 10.1 Å². The van der Waals surface area contributed by atoms with Crippen molar-refractivity contribution in [3.63, 3.8) is 0 Å². The average molecular weight is 329 g/mol. The van der Waals surface area contributed by atoms with Crippen LogP contribution in [0.4, 0.5) is 10.1 Å². The lowest BCUT2D eigenvalue weighted by molar-refractivity contribution is -0.387. The highest BCUT2D eigenvalue weighted by Gasteiger charge is 2.24. The average Bonchev–Trinajstić information content (AvgIpc) is 2.29. The molecule has 0 radical (unpaired) electrons. The first kappa shape index (κ1) is 14.3. The van der Waals surface area contributed by atoms with Gasteiger partial charge in [0.25, 0.3) is 0 Å². The van der Waals surface area contributed by atoms with Gasteiger partial charge in [0.15, 0.2) is 0 Å². The van der Waals surface area contributed by atoms with E-state index in [2.05, 4.69) is 15.9 Å². The number of halogens is 3. The summed E-state index contributed by atoms with van der Waals surface area (Å²) in [6.45, 7) is 0. The quantitative estimate of drug-likeness (QED) is 0.504. The smallest absolute Gasteiger partial charge is 0.306 e. The molecule has 2 atom stereocenters. The van der Waals surface area contributed by atoms with E-state index in [9.17, 15) is 24.7 Å². The molecule has 0 heterocycles. The van der Waals surface area contributed by atoms with Crippen molar-refractivity contribution in [2.75, 3.05) is 5.33 Å². The van der Waals surface area contributed by atoms with E-state index < -0.39 is 28.6 Å². The summed E-state index contributed by atoms with van der Waals surface area (Å²) >= 11 is 8.62. The maximum Gasteiger partial charge on any atom is 0.306 e. The topological polar surface area (TPSA) is 83.6 Å². The van der Waals surface area contributed by atoms with Gasteiger partial charge in [0.1, 0.15) is 6.10 Å². The van der Waals surface area contributed by atoms with E-state index in [1.807, 2.05) is 0 Å². The number of hydrogen-bond acceptors (Lipinski definition) is 4. The third-order valence-electron chi connectivity index (χ3n) is 2.10. The normalized spacial score (nSPS) is 14.4. The molecule has 0 aromatic heterocycles. The number of hydrogen-bond donors (Lipinski definition) is 2. The molecule has 1 rings (SSSR count). The number of nitrogens with zero attached hydrogens (tertiary/aromatic N) is 1. The molecule has 0 bridgehead atoms. The van der Waals surface area contributed by atoms with Gasteiger partial charge in [-0.2, -0.15) is 4.39 Å². The third kappa shape index (κ3) is 3.12. The summed E-state index contributed by atoms with van der Waals surface area (Å²) in [7, 11) is 0. The van der Waals surface area contributed by atoms with Crippen LogP contribution in [0.15, 0.2) is 12.1 Å². The number of aliphatic hydroxyl groups is 2. The molecule has 8 heteroatoms. The van der Waals surface area contributed by atoms with Crippen molar-refractivity contribution in [3.8, 4) is 0 Å². The van der Waals surface area contributed by atoms with E-state index in [0.717, 1.165) is 12.1 Å². The van der Waals surface area contributed by atoms with Crippen LogP contribution in [0.25, 0.3) is 0 Å². The van der Waals surface area contributed by atoms with Gasteiger partial charge < -0.3 is 10.2 Å². The molecule has 0 aliphatic carbocycles. The Balaban J connectivity index is 3.20. The Kier molecular flexibility index (Phi) is 4.81. The zero-order valence-electron chi connectivity index (χ0n) is 8.31. The minimum atomic E-state index is -1.42. The van der Waals surface area contributed by atoms with Crippen LogP contribution in [0, 0.1) is 15.9 Å². The zero-order chi connectivity index (χ0) is 13.2. The highest BCUT2D eigenvalue weighted by atomic mass is 79.9. The van der Waals surface area contributed by atoms with Crippen molar-refractivity contribution in [3.05, 3.63) is 38.7 Å². The summed E-state index contributed by atoms with van der Waals surface area (Å²) in [6, 6.07) is 1.55. The van der Waals surface area contributed by atoms with Crippen molar-refractivity contribution >= 4 is 33.2 Å². The molecule has 2 N–H and O–H groups in total. The van der Waals surface area contributed by atoms with Crippen molar-refractivity contribution in [2.45, 2.75) is 12.2 Å². The Bertz CT molecular complexity index is 445. The molecule has 0 amide bonds. The van der Waals surface area contributed by atoms with E-state index in [1.54, 1.807) is 0 Å².